The fourth-order valence-electron chi connectivity index (χ4n) is 0.568. The molecule has 0 saturated carbocycles. The van der Waals surface area contributed by atoms with Gasteiger partial charge >= 0.3 is 0 Å². The lowest BCUT2D eigenvalue weighted by atomic mass is 10.2. The van der Waals surface area contributed by atoms with Gasteiger partial charge in [-0.1, -0.05) is 19.3 Å². The SMILES string of the molecule is CCCCC#CCN(C)C. The number of nitrogens with zero attached hydrogens (tertiary/aromatic N) is 1. The van der Waals surface area contributed by atoms with Gasteiger partial charge in [0.1, 0.15) is 0 Å². The molecule has 1 heteroatoms. The molecule has 1 nitrogen and oxygen atoms in total. The van der Waals surface area contributed by atoms with E-state index in [0.717, 1.165) is 13.0 Å². The van der Waals surface area contributed by atoms with Crippen LogP contribution in [0.3, 0.4) is 0 Å². The van der Waals surface area contributed by atoms with Gasteiger partial charge in [-0.3, -0.25) is 4.90 Å². The van der Waals surface area contributed by atoms with Gasteiger partial charge in [0.25, 0.3) is 0 Å². The minimum Gasteiger partial charge on any atom is -0.299 e. The average molecular weight is 139 g/mol. The van der Waals surface area contributed by atoms with Gasteiger partial charge in [-0.15, -0.1) is 5.92 Å². The second kappa shape index (κ2) is 6.64. The van der Waals surface area contributed by atoms with Crippen molar-refractivity contribution in [1.82, 2.24) is 4.90 Å². The summed E-state index contributed by atoms with van der Waals surface area (Å²) < 4.78 is 0. The summed E-state index contributed by atoms with van der Waals surface area (Å²) in [6, 6.07) is 0. The van der Waals surface area contributed by atoms with E-state index < -0.39 is 0 Å². The minimum atomic E-state index is 0.893. The lowest BCUT2D eigenvalue weighted by Crippen LogP contribution is -2.10. The lowest BCUT2D eigenvalue weighted by molar-refractivity contribution is 0.463. The van der Waals surface area contributed by atoms with Crippen molar-refractivity contribution < 1.29 is 0 Å². The fraction of sp³-hybridized carbons (Fsp3) is 0.778. The molecule has 58 valence electrons. The van der Waals surface area contributed by atoms with Crippen LogP contribution in [0.5, 0.6) is 0 Å². The molecule has 0 bridgehead atoms. The summed E-state index contributed by atoms with van der Waals surface area (Å²) >= 11 is 0. The van der Waals surface area contributed by atoms with Gasteiger partial charge in [-0.05, 0) is 20.5 Å². The Balaban J connectivity index is 3.14. The molecule has 0 rings (SSSR count). The average Bonchev–Trinajstić information content (AvgIpc) is 1.87. The molecule has 0 aromatic carbocycles. The first kappa shape index (κ1) is 9.52. The molecule has 0 atom stereocenters. The zero-order chi connectivity index (χ0) is 7.82. The van der Waals surface area contributed by atoms with E-state index in [-0.39, 0.29) is 0 Å². The Bertz CT molecular complexity index is 116. The van der Waals surface area contributed by atoms with Gasteiger partial charge in [-0.2, -0.15) is 0 Å². The molecular formula is C9H17N. The van der Waals surface area contributed by atoms with Gasteiger partial charge in [0, 0.05) is 6.42 Å². The molecule has 0 aliphatic heterocycles. The summed E-state index contributed by atoms with van der Waals surface area (Å²) in [5.41, 5.74) is 0. The monoisotopic (exact) mass is 139 g/mol. The van der Waals surface area contributed by atoms with Gasteiger partial charge in [0.2, 0.25) is 0 Å². The van der Waals surface area contributed by atoms with E-state index in [0.29, 0.717) is 0 Å². The van der Waals surface area contributed by atoms with Crippen molar-refractivity contribution in [3.05, 3.63) is 0 Å². The summed E-state index contributed by atoms with van der Waals surface area (Å²) in [5.74, 6) is 6.22. The predicted octanol–water partition coefficient (Wildman–Crippen LogP) is 1.74. The molecule has 10 heavy (non-hydrogen) atoms. The van der Waals surface area contributed by atoms with Crippen LogP contribution in [0, 0.1) is 11.8 Å². The second-order valence-corrected chi connectivity index (χ2v) is 2.69. The molecular weight excluding hydrogens is 122 g/mol. The largest absolute Gasteiger partial charge is 0.299 e. The molecule has 0 N–H and O–H groups in total. The van der Waals surface area contributed by atoms with Crippen molar-refractivity contribution in [3.8, 4) is 11.8 Å². The second-order valence-electron chi connectivity index (χ2n) is 2.69. The number of hydrogen-bond acceptors (Lipinski definition) is 1. The van der Waals surface area contributed by atoms with Crippen molar-refractivity contribution >= 4 is 0 Å². The van der Waals surface area contributed by atoms with Crippen LogP contribution in [0.15, 0.2) is 0 Å². The summed E-state index contributed by atoms with van der Waals surface area (Å²) in [6.07, 6.45) is 3.54. The standard InChI is InChI=1S/C9H17N/c1-4-5-6-7-8-9-10(2)3/h4-6,9H2,1-3H3. The van der Waals surface area contributed by atoms with Crippen LogP contribution in [0.25, 0.3) is 0 Å². The van der Waals surface area contributed by atoms with Crippen molar-refractivity contribution in [2.45, 2.75) is 26.2 Å². The summed E-state index contributed by atoms with van der Waals surface area (Å²) in [4.78, 5) is 2.08. The van der Waals surface area contributed by atoms with Crippen molar-refractivity contribution in [3.63, 3.8) is 0 Å². The molecule has 0 aliphatic rings. The van der Waals surface area contributed by atoms with Crippen LogP contribution < -0.4 is 0 Å². The molecule has 0 saturated heterocycles. The first-order valence-corrected chi connectivity index (χ1v) is 3.87. The number of rotatable bonds is 3. The molecule has 0 aromatic heterocycles. The van der Waals surface area contributed by atoms with E-state index in [2.05, 4.69) is 23.7 Å². The molecule has 0 heterocycles. The highest BCUT2D eigenvalue weighted by Crippen LogP contribution is 1.89. The summed E-state index contributed by atoms with van der Waals surface area (Å²) in [7, 11) is 4.07. The Morgan fingerprint density at radius 2 is 1.90 bits per heavy atom. The maximum Gasteiger partial charge on any atom is 0.0596 e. The quantitative estimate of drug-likeness (QED) is 0.425. The van der Waals surface area contributed by atoms with Crippen LogP contribution in [0.2, 0.25) is 0 Å². The van der Waals surface area contributed by atoms with Crippen molar-refractivity contribution in [2.75, 3.05) is 20.6 Å². The maximum atomic E-state index is 3.13. The van der Waals surface area contributed by atoms with E-state index in [9.17, 15) is 0 Å². The van der Waals surface area contributed by atoms with Gasteiger partial charge in [0.05, 0.1) is 6.54 Å². The lowest BCUT2D eigenvalue weighted by Gasteiger charge is -2.00. The van der Waals surface area contributed by atoms with Crippen LogP contribution in [-0.4, -0.2) is 25.5 Å². The molecule has 0 aromatic rings. The Morgan fingerprint density at radius 3 is 2.40 bits per heavy atom. The van der Waals surface area contributed by atoms with Crippen molar-refractivity contribution in [2.24, 2.45) is 0 Å². The van der Waals surface area contributed by atoms with Crippen LogP contribution >= 0.6 is 0 Å². The normalized spacial score (nSPS) is 9.20. The smallest absolute Gasteiger partial charge is 0.0596 e. The Morgan fingerprint density at radius 1 is 1.20 bits per heavy atom. The summed E-state index contributed by atoms with van der Waals surface area (Å²) in [6.45, 7) is 3.08. The van der Waals surface area contributed by atoms with Gasteiger partial charge in [0.15, 0.2) is 0 Å². The summed E-state index contributed by atoms with van der Waals surface area (Å²) in [5, 5.41) is 0. The Kier molecular flexibility index (Phi) is 6.32. The molecule has 0 radical (unpaired) electrons. The van der Waals surface area contributed by atoms with Gasteiger partial charge in [-0.25, -0.2) is 0 Å². The van der Waals surface area contributed by atoms with E-state index in [4.69, 9.17) is 0 Å². The number of unbranched alkanes of at least 4 members (excludes halogenated alkanes) is 2. The highest BCUT2D eigenvalue weighted by Gasteiger charge is 1.80. The van der Waals surface area contributed by atoms with E-state index in [1.54, 1.807) is 0 Å². The van der Waals surface area contributed by atoms with E-state index >= 15 is 0 Å². The number of hydrogen-bond donors (Lipinski definition) is 0. The Hall–Kier alpha value is -0.480. The van der Waals surface area contributed by atoms with Crippen LogP contribution in [0.1, 0.15) is 26.2 Å². The van der Waals surface area contributed by atoms with E-state index in [1.807, 2.05) is 14.1 Å². The molecule has 0 unspecified atom stereocenters. The highest BCUT2D eigenvalue weighted by molar-refractivity contribution is 5.00. The predicted molar refractivity (Wildman–Crippen MR) is 45.9 cm³/mol. The molecule has 0 amide bonds. The van der Waals surface area contributed by atoms with Crippen LogP contribution in [0.4, 0.5) is 0 Å². The third-order valence-electron chi connectivity index (χ3n) is 1.18. The van der Waals surface area contributed by atoms with Gasteiger partial charge < -0.3 is 0 Å². The van der Waals surface area contributed by atoms with Crippen molar-refractivity contribution in [1.29, 1.82) is 0 Å². The zero-order valence-corrected chi connectivity index (χ0v) is 7.28. The third-order valence-corrected chi connectivity index (χ3v) is 1.18. The minimum absolute atomic E-state index is 0.893. The Labute approximate surface area is 64.4 Å². The topological polar surface area (TPSA) is 3.24 Å². The first-order chi connectivity index (χ1) is 4.77. The molecule has 0 fully saturated rings. The zero-order valence-electron chi connectivity index (χ0n) is 7.28. The fourth-order valence-corrected chi connectivity index (χ4v) is 0.568. The highest BCUT2D eigenvalue weighted by atomic mass is 15.0. The van der Waals surface area contributed by atoms with Crippen LogP contribution in [-0.2, 0) is 0 Å². The third kappa shape index (κ3) is 7.52. The molecule has 0 aliphatic carbocycles. The molecule has 0 spiro atoms. The van der Waals surface area contributed by atoms with E-state index in [1.165, 1.54) is 12.8 Å². The maximum absolute atomic E-state index is 3.13. The first-order valence-electron chi connectivity index (χ1n) is 3.87.